The molecule has 0 saturated heterocycles. The first-order valence-corrected chi connectivity index (χ1v) is 9.77. The summed E-state index contributed by atoms with van der Waals surface area (Å²) in [6, 6.07) is 14.2. The van der Waals surface area contributed by atoms with Crippen molar-refractivity contribution in [3.05, 3.63) is 96.9 Å². The van der Waals surface area contributed by atoms with Gasteiger partial charge < -0.3 is 4.18 Å². The second-order valence-electron chi connectivity index (χ2n) is 6.35. The van der Waals surface area contributed by atoms with E-state index in [9.17, 15) is 13.8 Å². The molecule has 0 radical (unpaired) electrons. The van der Waals surface area contributed by atoms with Gasteiger partial charge in [-0.1, -0.05) is 17.7 Å². The van der Waals surface area contributed by atoms with Gasteiger partial charge in [-0.25, -0.2) is 0 Å². The number of anilines is 2. The van der Waals surface area contributed by atoms with Crippen LogP contribution in [0.5, 0.6) is 5.75 Å². The van der Waals surface area contributed by atoms with E-state index in [0.29, 0.717) is 11.4 Å². The molecule has 0 heterocycles. The maximum atomic E-state index is 12.6. The van der Waals surface area contributed by atoms with Crippen molar-refractivity contribution in [2.24, 2.45) is 10.2 Å². The summed E-state index contributed by atoms with van der Waals surface area (Å²) in [5.41, 5.74) is 7.51. The Morgan fingerprint density at radius 3 is 2.33 bits per heavy atom. The molecule has 154 valence electrons. The van der Waals surface area contributed by atoms with Crippen molar-refractivity contribution < 1.29 is 12.9 Å². The van der Waals surface area contributed by atoms with Gasteiger partial charge in [0.05, 0.1) is 11.4 Å². The smallest absolute Gasteiger partial charge is 0.357 e. The molecule has 0 spiro atoms. The largest absolute Gasteiger partial charge is 0.380 e. The number of nitrogens with zero attached hydrogens (tertiary/aromatic N) is 2. The number of aryl methyl sites for hydroxylation is 2. The Morgan fingerprint density at radius 1 is 0.933 bits per heavy atom. The topological polar surface area (TPSA) is 129 Å². The monoisotopic (exact) mass is 426 g/mol. The highest BCUT2D eigenvalue weighted by Gasteiger charge is 2.03. The quantitative estimate of drug-likeness (QED) is 0.400. The fourth-order valence-corrected chi connectivity index (χ4v) is 2.86. The van der Waals surface area contributed by atoms with Crippen molar-refractivity contribution in [2.75, 3.05) is 10.9 Å². The minimum absolute atomic E-state index is 0.00701. The first kappa shape index (κ1) is 21.1. The summed E-state index contributed by atoms with van der Waals surface area (Å²) in [7, 11) is 0. The normalized spacial score (nSPS) is 13.2. The first-order chi connectivity index (χ1) is 14.3. The molecule has 9 nitrogen and oxygen atoms in total. The van der Waals surface area contributed by atoms with E-state index in [4.69, 9.17) is 4.55 Å². The summed E-state index contributed by atoms with van der Waals surface area (Å²) < 4.78 is 23.9. The van der Waals surface area contributed by atoms with Gasteiger partial charge in [0.25, 0.3) is 0 Å². The van der Waals surface area contributed by atoms with E-state index in [0.717, 1.165) is 11.1 Å². The Balaban J connectivity index is 1.87. The van der Waals surface area contributed by atoms with Crippen molar-refractivity contribution in [3.8, 4) is 5.75 Å². The van der Waals surface area contributed by atoms with Crippen LogP contribution in [0.15, 0.2) is 74.4 Å². The SMILES string of the molecule is Cc1ccc(NN=c2c(=O)ccc(=NNc3ccc(OS(=O)O)cc3)c2=O)c(C)c1. The van der Waals surface area contributed by atoms with E-state index in [1.54, 1.807) is 12.1 Å². The van der Waals surface area contributed by atoms with E-state index >= 15 is 0 Å². The number of hydrogen-bond acceptors (Lipinski definition) is 8. The highest BCUT2D eigenvalue weighted by atomic mass is 32.2. The van der Waals surface area contributed by atoms with Crippen molar-refractivity contribution in [2.45, 2.75) is 13.8 Å². The average molecular weight is 426 g/mol. The number of nitrogens with one attached hydrogen (secondary N) is 2. The van der Waals surface area contributed by atoms with Gasteiger partial charge >= 0.3 is 11.4 Å². The van der Waals surface area contributed by atoms with Crippen molar-refractivity contribution in [3.63, 3.8) is 0 Å². The molecule has 3 aromatic rings. The molecule has 0 amide bonds. The zero-order chi connectivity index (χ0) is 21.7. The van der Waals surface area contributed by atoms with E-state index in [1.165, 1.54) is 24.3 Å². The molecule has 0 fully saturated rings. The van der Waals surface area contributed by atoms with E-state index < -0.39 is 22.2 Å². The minimum Gasteiger partial charge on any atom is -0.380 e. The Morgan fingerprint density at radius 2 is 1.67 bits per heavy atom. The third-order valence-electron chi connectivity index (χ3n) is 4.07. The molecule has 0 aliphatic heterocycles. The van der Waals surface area contributed by atoms with Crippen LogP contribution in [0.4, 0.5) is 11.4 Å². The van der Waals surface area contributed by atoms with Crippen LogP contribution < -0.4 is 36.6 Å². The maximum absolute atomic E-state index is 12.6. The lowest BCUT2D eigenvalue weighted by molar-refractivity contribution is 0.458. The summed E-state index contributed by atoms with van der Waals surface area (Å²) in [6.45, 7) is 3.86. The van der Waals surface area contributed by atoms with E-state index in [1.807, 2.05) is 32.0 Å². The van der Waals surface area contributed by atoms with Crippen LogP contribution in [0.25, 0.3) is 0 Å². The van der Waals surface area contributed by atoms with Crippen LogP contribution in [0.1, 0.15) is 11.1 Å². The third-order valence-corrected chi connectivity index (χ3v) is 4.41. The molecule has 3 N–H and O–H groups in total. The summed E-state index contributed by atoms with van der Waals surface area (Å²) in [5.74, 6) is 0.195. The highest BCUT2D eigenvalue weighted by Crippen LogP contribution is 2.16. The Bertz CT molecular complexity index is 1310. The second-order valence-corrected chi connectivity index (χ2v) is 6.95. The van der Waals surface area contributed by atoms with Gasteiger partial charge in [0, 0.05) is 0 Å². The molecule has 0 bridgehead atoms. The molecule has 3 rings (SSSR count). The standard InChI is InChI=1S/C20H18N4O5S/c1-12-3-8-16(13(2)11-12)22-24-19-18(25)10-9-17(20(19)26)23-21-14-4-6-15(7-5-14)29-30(27)28/h3-11,21-22H,1-2H3,(H,27,28). The number of rotatable bonds is 6. The van der Waals surface area contributed by atoms with Gasteiger partial charge in [0.15, 0.2) is 5.36 Å². The van der Waals surface area contributed by atoms with E-state index in [-0.39, 0.29) is 16.5 Å². The summed E-state index contributed by atoms with van der Waals surface area (Å²) in [6.07, 6.45) is 0. The molecule has 0 aromatic heterocycles. The molecule has 0 aliphatic rings. The van der Waals surface area contributed by atoms with Gasteiger partial charge in [0.1, 0.15) is 11.1 Å². The fourth-order valence-electron chi connectivity index (χ4n) is 2.58. The third kappa shape index (κ3) is 5.25. The van der Waals surface area contributed by atoms with Gasteiger partial charge in [0.2, 0.25) is 10.9 Å². The molecule has 1 unspecified atom stereocenters. The van der Waals surface area contributed by atoms with Crippen LogP contribution in [0, 0.1) is 13.8 Å². The summed E-state index contributed by atoms with van der Waals surface area (Å²) in [4.78, 5) is 24.7. The highest BCUT2D eigenvalue weighted by molar-refractivity contribution is 7.74. The van der Waals surface area contributed by atoms with E-state index in [2.05, 4.69) is 25.2 Å². The number of hydrogen-bond donors (Lipinski definition) is 3. The molecule has 3 aromatic carbocycles. The minimum atomic E-state index is -2.41. The first-order valence-electron chi connectivity index (χ1n) is 8.74. The van der Waals surface area contributed by atoms with Gasteiger partial charge in [-0.05, 0) is 61.9 Å². The van der Waals surface area contributed by atoms with Crippen LogP contribution in [0.2, 0.25) is 0 Å². The maximum Gasteiger partial charge on any atom is 0.357 e. The molecular formula is C20H18N4O5S. The van der Waals surface area contributed by atoms with Crippen molar-refractivity contribution >= 4 is 22.7 Å². The summed E-state index contributed by atoms with van der Waals surface area (Å²) in [5, 5.41) is 7.74. The van der Waals surface area contributed by atoms with Crippen LogP contribution >= 0.6 is 0 Å². The molecule has 0 aliphatic carbocycles. The number of benzene rings is 3. The Kier molecular flexibility index (Phi) is 6.50. The van der Waals surface area contributed by atoms with Gasteiger partial charge in [-0.3, -0.25) is 25.0 Å². The van der Waals surface area contributed by atoms with Gasteiger partial charge in [-0.15, -0.1) is 0 Å². The Labute approximate surface area is 173 Å². The summed E-state index contributed by atoms with van der Waals surface area (Å²) >= 11 is -2.41. The lowest BCUT2D eigenvalue weighted by atomic mass is 10.1. The lowest BCUT2D eigenvalue weighted by Crippen LogP contribution is -2.48. The zero-order valence-electron chi connectivity index (χ0n) is 16.1. The molecule has 0 saturated carbocycles. The molecule has 1 atom stereocenters. The van der Waals surface area contributed by atoms with Gasteiger partial charge in [-0.2, -0.15) is 14.4 Å². The Hall–Kier alpha value is -3.63. The average Bonchev–Trinajstić information content (AvgIpc) is 2.69. The van der Waals surface area contributed by atoms with Crippen LogP contribution in [0.3, 0.4) is 0 Å². The predicted molar refractivity (Wildman–Crippen MR) is 113 cm³/mol. The molecular weight excluding hydrogens is 408 g/mol. The molecule has 10 heteroatoms. The lowest BCUT2D eigenvalue weighted by Gasteiger charge is -2.05. The predicted octanol–water partition coefficient (Wildman–Crippen LogP) is 1.27. The van der Waals surface area contributed by atoms with Crippen molar-refractivity contribution in [1.82, 2.24) is 0 Å². The fraction of sp³-hybridized carbons (Fsp3) is 0.100. The van der Waals surface area contributed by atoms with Crippen LogP contribution in [-0.2, 0) is 11.4 Å². The zero-order valence-corrected chi connectivity index (χ0v) is 16.9. The molecule has 30 heavy (non-hydrogen) atoms. The van der Waals surface area contributed by atoms with Crippen LogP contribution in [-0.4, -0.2) is 8.76 Å². The van der Waals surface area contributed by atoms with Crippen molar-refractivity contribution in [1.29, 1.82) is 0 Å². The second kappa shape index (κ2) is 9.25.